The lowest BCUT2D eigenvalue weighted by Gasteiger charge is -2.03. The molecule has 2 rings (SSSR count). The molecule has 2 aromatic carbocycles. The fourth-order valence-electron chi connectivity index (χ4n) is 1.99. The van der Waals surface area contributed by atoms with Gasteiger partial charge in [0.05, 0.1) is 4.92 Å². The molecule has 0 aromatic heterocycles. The fourth-order valence-corrected chi connectivity index (χ4v) is 1.99. The van der Waals surface area contributed by atoms with E-state index in [4.69, 9.17) is 4.74 Å². The molecular weight excluding hydrogens is 329 g/mol. The minimum absolute atomic E-state index is 0.0904. The van der Waals surface area contributed by atoms with Gasteiger partial charge < -0.3 is 4.74 Å². The average Bonchev–Trinajstić information content (AvgIpc) is 2.59. The first kappa shape index (κ1) is 18.0. The summed E-state index contributed by atoms with van der Waals surface area (Å²) in [6.07, 6.45) is 2.53. The molecule has 0 radical (unpaired) electrons. The Kier molecular flexibility index (Phi) is 5.73. The Morgan fingerprint density at radius 3 is 2.52 bits per heavy atom. The first-order chi connectivity index (χ1) is 11.9. The maximum Gasteiger partial charge on any atom is 0.331 e. The van der Waals surface area contributed by atoms with E-state index in [0.717, 1.165) is 12.1 Å². The van der Waals surface area contributed by atoms with E-state index in [1.165, 1.54) is 42.5 Å². The molecule has 25 heavy (non-hydrogen) atoms. The molecule has 0 aliphatic rings. The molecular formula is C18H14FNO5. The largest absolute Gasteiger partial charge is 0.454 e. The van der Waals surface area contributed by atoms with Gasteiger partial charge in [0, 0.05) is 23.3 Å². The van der Waals surface area contributed by atoms with E-state index in [0.29, 0.717) is 11.1 Å². The minimum atomic E-state index is -0.751. The Bertz CT molecular complexity index is 843. The molecule has 128 valence electrons. The number of halogens is 1. The molecule has 0 fully saturated rings. The summed E-state index contributed by atoms with van der Waals surface area (Å²) in [7, 11) is 0. The minimum Gasteiger partial charge on any atom is -0.454 e. The van der Waals surface area contributed by atoms with E-state index in [1.807, 2.05) is 0 Å². The van der Waals surface area contributed by atoms with Crippen molar-refractivity contribution in [2.24, 2.45) is 0 Å². The smallest absolute Gasteiger partial charge is 0.331 e. The zero-order valence-electron chi connectivity index (χ0n) is 13.3. The van der Waals surface area contributed by atoms with Crippen molar-refractivity contribution in [1.29, 1.82) is 0 Å². The SMILES string of the molecule is Cc1ccc(C(=O)COC(=O)/C=C/c2ccc(F)cc2)cc1[N+](=O)[O-]. The van der Waals surface area contributed by atoms with Crippen molar-refractivity contribution in [2.75, 3.05) is 6.61 Å². The van der Waals surface area contributed by atoms with Crippen molar-refractivity contribution in [1.82, 2.24) is 0 Å². The van der Waals surface area contributed by atoms with Crippen LogP contribution in [-0.2, 0) is 9.53 Å². The molecule has 0 amide bonds. The van der Waals surface area contributed by atoms with Crippen LogP contribution >= 0.6 is 0 Å². The van der Waals surface area contributed by atoms with Gasteiger partial charge in [-0.05, 0) is 30.7 Å². The van der Waals surface area contributed by atoms with Crippen LogP contribution in [0.3, 0.4) is 0 Å². The van der Waals surface area contributed by atoms with Gasteiger partial charge in [0.1, 0.15) is 5.82 Å². The van der Waals surface area contributed by atoms with Crippen LogP contribution in [0, 0.1) is 22.9 Å². The number of nitrogens with zero attached hydrogens (tertiary/aromatic N) is 1. The molecule has 0 saturated heterocycles. The Labute approximate surface area is 142 Å². The number of esters is 1. The number of nitro groups is 1. The predicted molar refractivity (Wildman–Crippen MR) is 88.6 cm³/mol. The predicted octanol–water partition coefficient (Wildman–Crippen LogP) is 3.48. The summed E-state index contributed by atoms with van der Waals surface area (Å²) in [5, 5.41) is 10.9. The van der Waals surface area contributed by atoms with Gasteiger partial charge in [-0.2, -0.15) is 0 Å². The van der Waals surface area contributed by atoms with Gasteiger partial charge in [-0.1, -0.05) is 24.3 Å². The number of Topliss-reactive ketones (excluding diaryl/α,β-unsaturated/α-hetero) is 1. The first-order valence-corrected chi connectivity index (χ1v) is 7.25. The molecule has 2 aromatic rings. The maximum absolute atomic E-state index is 12.8. The van der Waals surface area contributed by atoms with Gasteiger partial charge >= 0.3 is 5.97 Å². The maximum atomic E-state index is 12.8. The van der Waals surface area contributed by atoms with Gasteiger partial charge in [-0.25, -0.2) is 9.18 Å². The average molecular weight is 343 g/mol. The number of ketones is 1. The molecule has 0 N–H and O–H groups in total. The van der Waals surface area contributed by atoms with E-state index < -0.39 is 29.1 Å². The molecule has 0 atom stereocenters. The third kappa shape index (κ3) is 5.07. The number of ether oxygens (including phenoxy) is 1. The standard InChI is InChI=1S/C18H14FNO5/c1-12-2-6-14(10-16(12)20(23)24)17(21)11-25-18(22)9-5-13-3-7-15(19)8-4-13/h2-10H,11H2,1H3/b9-5+. The van der Waals surface area contributed by atoms with Crippen LogP contribution < -0.4 is 0 Å². The molecule has 0 aliphatic carbocycles. The van der Waals surface area contributed by atoms with Gasteiger partial charge in [0.15, 0.2) is 6.61 Å². The van der Waals surface area contributed by atoms with Crippen molar-refractivity contribution >= 4 is 23.5 Å². The summed E-state index contributed by atoms with van der Waals surface area (Å²) < 4.78 is 17.6. The number of carbonyl (C=O) groups excluding carboxylic acids is 2. The van der Waals surface area contributed by atoms with Gasteiger partial charge in [0.2, 0.25) is 5.78 Å². The Morgan fingerprint density at radius 2 is 1.88 bits per heavy atom. The number of carbonyl (C=O) groups is 2. The highest BCUT2D eigenvalue weighted by Gasteiger charge is 2.15. The second-order valence-corrected chi connectivity index (χ2v) is 5.17. The van der Waals surface area contributed by atoms with Crippen LogP contribution in [0.5, 0.6) is 0 Å². The van der Waals surface area contributed by atoms with Crippen LogP contribution in [0.4, 0.5) is 10.1 Å². The summed E-state index contributed by atoms with van der Waals surface area (Å²) in [5.41, 5.74) is 0.945. The third-order valence-corrected chi connectivity index (χ3v) is 3.36. The molecule has 0 saturated carbocycles. The van der Waals surface area contributed by atoms with Gasteiger partial charge in [-0.3, -0.25) is 14.9 Å². The van der Waals surface area contributed by atoms with Gasteiger partial charge in [-0.15, -0.1) is 0 Å². The van der Waals surface area contributed by atoms with Crippen molar-refractivity contribution in [3.05, 3.63) is 81.2 Å². The molecule has 6 nitrogen and oxygen atoms in total. The molecule has 0 aliphatic heterocycles. The van der Waals surface area contributed by atoms with E-state index in [9.17, 15) is 24.1 Å². The number of benzene rings is 2. The number of hydrogen-bond donors (Lipinski definition) is 0. The topological polar surface area (TPSA) is 86.5 Å². The first-order valence-electron chi connectivity index (χ1n) is 7.25. The van der Waals surface area contributed by atoms with Crippen LogP contribution in [-0.4, -0.2) is 23.3 Å². The van der Waals surface area contributed by atoms with Crippen molar-refractivity contribution in [3.63, 3.8) is 0 Å². The third-order valence-electron chi connectivity index (χ3n) is 3.36. The summed E-state index contributed by atoms with van der Waals surface area (Å²) in [4.78, 5) is 33.9. The molecule has 7 heteroatoms. The van der Waals surface area contributed by atoms with Crippen molar-refractivity contribution in [2.45, 2.75) is 6.92 Å². The number of nitro benzene ring substituents is 1. The fraction of sp³-hybridized carbons (Fsp3) is 0.111. The van der Waals surface area contributed by atoms with Crippen LogP contribution in [0.25, 0.3) is 6.08 Å². The van der Waals surface area contributed by atoms with E-state index >= 15 is 0 Å². The van der Waals surface area contributed by atoms with E-state index in [1.54, 1.807) is 6.92 Å². The highest BCUT2D eigenvalue weighted by Crippen LogP contribution is 2.19. The van der Waals surface area contributed by atoms with E-state index in [-0.39, 0.29) is 11.3 Å². The quantitative estimate of drug-likeness (QED) is 0.263. The molecule has 0 unspecified atom stereocenters. The monoisotopic (exact) mass is 343 g/mol. The Morgan fingerprint density at radius 1 is 1.20 bits per heavy atom. The molecule has 0 bridgehead atoms. The second kappa shape index (κ2) is 7.96. The number of rotatable bonds is 6. The van der Waals surface area contributed by atoms with Crippen LogP contribution in [0.1, 0.15) is 21.5 Å². The van der Waals surface area contributed by atoms with Crippen molar-refractivity contribution < 1.29 is 23.6 Å². The second-order valence-electron chi connectivity index (χ2n) is 5.17. The lowest BCUT2D eigenvalue weighted by Crippen LogP contribution is -2.13. The van der Waals surface area contributed by atoms with Crippen LogP contribution in [0.15, 0.2) is 48.5 Å². The highest BCUT2D eigenvalue weighted by atomic mass is 19.1. The normalized spacial score (nSPS) is 10.6. The summed E-state index contributed by atoms with van der Waals surface area (Å²) in [6, 6.07) is 9.51. The summed E-state index contributed by atoms with van der Waals surface area (Å²) >= 11 is 0. The zero-order chi connectivity index (χ0) is 18.4. The Balaban J connectivity index is 1.95. The Hall–Kier alpha value is -3.35. The highest BCUT2D eigenvalue weighted by molar-refractivity contribution is 5.99. The van der Waals surface area contributed by atoms with E-state index in [2.05, 4.69) is 0 Å². The zero-order valence-corrected chi connectivity index (χ0v) is 13.3. The van der Waals surface area contributed by atoms with Crippen molar-refractivity contribution in [3.8, 4) is 0 Å². The molecule has 0 heterocycles. The lowest BCUT2D eigenvalue weighted by atomic mass is 10.1. The summed E-state index contributed by atoms with van der Waals surface area (Å²) in [6.45, 7) is 1.03. The summed E-state index contributed by atoms with van der Waals surface area (Å²) in [5.74, 6) is -1.69. The van der Waals surface area contributed by atoms with Gasteiger partial charge in [0.25, 0.3) is 5.69 Å². The lowest BCUT2D eigenvalue weighted by molar-refractivity contribution is -0.385. The number of aryl methyl sites for hydroxylation is 1. The molecule has 0 spiro atoms. The number of hydrogen-bond acceptors (Lipinski definition) is 5. The van der Waals surface area contributed by atoms with Crippen LogP contribution in [0.2, 0.25) is 0 Å².